The van der Waals surface area contributed by atoms with Crippen LogP contribution in [0.1, 0.15) is 33.6 Å². The standard InChI is InChI=1S/C11H20N2O5/c1-11(2,3)18-10(17)13-7(9(16)12-4)5-6-8(14)15/h7H,5-6H2,1-4H3,(H,12,16)(H,13,17)(H,14,15)/t7-/m0/s1. The molecule has 0 fully saturated rings. The number of ether oxygens (including phenoxy) is 1. The Bertz CT molecular complexity index is 322. The SMILES string of the molecule is CNC(=O)[C@H](CCC(=O)O)NC(=O)OC(C)(C)C. The molecule has 0 rings (SSSR count). The van der Waals surface area contributed by atoms with Gasteiger partial charge in [-0.2, -0.15) is 0 Å². The first-order valence-corrected chi connectivity index (χ1v) is 5.58. The van der Waals surface area contributed by atoms with Crippen LogP contribution in [0, 0.1) is 0 Å². The highest BCUT2D eigenvalue weighted by Crippen LogP contribution is 2.07. The maximum absolute atomic E-state index is 11.5. The number of amides is 2. The van der Waals surface area contributed by atoms with Gasteiger partial charge < -0.3 is 20.5 Å². The Morgan fingerprint density at radius 2 is 1.83 bits per heavy atom. The van der Waals surface area contributed by atoms with Gasteiger partial charge in [-0.05, 0) is 27.2 Å². The van der Waals surface area contributed by atoms with E-state index in [9.17, 15) is 14.4 Å². The summed E-state index contributed by atoms with van der Waals surface area (Å²) in [4.78, 5) is 33.4. The summed E-state index contributed by atoms with van der Waals surface area (Å²) in [6, 6.07) is -0.916. The van der Waals surface area contributed by atoms with Crippen molar-refractivity contribution < 1.29 is 24.2 Å². The van der Waals surface area contributed by atoms with Crippen LogP contribution < -0.4 is 10.6 Å². The van der Waals surface area contributed by atoms with Crippen LogP contribution in [0.15, 0.2) is 0 Å². The molecule has 1 atom stereocenters. The Balaban J connectivity index is 4.45. The van der Waals surface area contributed by atoms with Crippen LogP contribution in [0.4, 0.5) is 4.79 Å². The van der Waals surface area contributed by atoms with E-state index in [0.717, 1.165) is 0 Å². The number of likely N-dealkylation sites (N-methyl/N-ethyl adjacent to an activating group) is 1. The number of carbonyl (C=O) groups excluding carboxylic acids is 2. The lowest BCUT2D eigenvalue weighted by Gasteiger charge is -2.22. The van der Waals surface area contributed by atoms with Gasteiger partial charge in [0.25, 0.3) is 0 Å². The van der Waals surface area contributed by atoms with Crippen LogP contribution in [0.25, 0.3) is 0 Å². The number of hydrogen-bond donors (Lipinski definition) is 3. The molecule has 0 bridgehead atoms. The Morgan fingerprint density at radius 3 is 2.22 bits per heavy atom. The summed E-state index contributed by atoms with van der Waals surface area (Å²) in [5, 5.41) is 13.3. The van der Waals surface area contributed by atoms with Gasteiger partial charge in [-0.1, -0.05) is 0 Å². The monoisotopic (exact) mass is 260 g/mol. The van der Waals surface area contributed by atoms with E-state index in [1.165, 1.54) is 7.05 Å². The predicted octanol–water partition coefficient (Wildman–Crippen LogP) is 0.490. The fourth-order valence-electron chi connectivity index (χ4n) is 1.16. The number of carbonyl (C=O) groups is 3. The van der Waals surface area contributed by atoms with Crippen molar-refractivity contribution in [3.8, 4) is 0 Å². The minimum atomic E-state index is -1.03. The molecule has 0 aromatic carbocycles. The molecule has 3 N–H and O–H groups in total. The van der Waals surface area contributed by atoms with Gasteiger partial charge in [-0.3, -0.25) is 9.59 Å². The molecule has 0 saturated carbocycles. The molecule has 0 saturated heterocycles. The molecule has 0 spiro atoms. The van der Waals surface area contributed by atoms with Crippen LogP contribution >= 0.6 is 0 Å². The third-order valence-corrected chi connectivity index (χ3v) is 1.90. The highest BCUT2D eigenvalue weighted by atomic mass is 16.6. The fraction of sp³-hybridized carbons (Fsp3) is 0.727. The molecule has 18 heavy (non-hydrogen) atoms. The molecular weight excluding hydrogens is 240 g/mol. The maximum atomic E-state index is 11.5. The molecule has 7 nitrogen and oxygen atoms in total. The van der Waals surface area contributed by atoms with Crippen LogP contribution in [0.2, 0.25) is 0 Å². The lowest BCUT2D eigenvalue weighted by molar-refractivity contribution is -0.137. The van der Waals surface area contributed by atoms with E-state index in [1.807, 2.05) is 0 Å². The third kappa shape index (κ3) is 7.48. The number of carboxylic acids is 1. The number of aliphatic carboxylic acids is 1. The molecule has 0 aliphatic heterocycles. The first-order valence-electron chi connectivity index (χ1n) is 5.58. The van der Waals surface area contributed by atoms with E-state index in [0.29, 0.717) is 0 Å². The van der Waals surface area contributed by atoms with Crippen molar-refractivity contribution in [3.05, 3.63) is 0 Å². The van der Waals surface area contributed by atoms with Crippen molar-refractivity contribution in [1.82, 2.24) is 10.6 Å². The Morgan fingerprint density at radius 1 is 1.28 bits per heavy atom. The molecule has 0 radical (unpaired) electrons. The number of nitrogens with one attached hydrogen (secondary N) is 2. The van der Waals surface area contributed by atoms with Gasteiger partial charge in [0.05, 0.1) is 0 Å². The van der Waals surface area contributed by atoms with Crippen molar-refractivity contribution in [3.63, 3.8) is 0 Å². The summed E-state index contributed by atoms with van der Waals surface area (Å²) in [7, 11) is 1.41. The molecule has 7 heteroatoms. The molecule has 0 aliphatic rings. The van der Waals surface area contributed by atoms with E-state index in [1.54, 1.807) is 20.8 Å². The topological polar surface area (TPSA) is 105 Å². The minimum Gasteiger partial charge on any atom is -0.481 e. The number of alkyl carbamates (subject to hydrolysis) is 1. The second kappa shape index (κ2) is 6.83. The fourth-order valence-corrected chi connectivity index (χ4v) is 1.16. The van der Waals surface area contributed by atoms with E-state index >= 15 is 0 Å². The van der Waals surface area contributed by atoms with Crippen LogP contribution in [0.3, 0.4) is 0 Å². The van der Waals surface area contributed by atoms with Crippen molar-refractivity contribution in [2.24, 2.45) is 0 Å². The quantitative estimate of drug-likeness (QED) is 0.667. The molecule has 0 aliphatic carbocycles. The smallest absolute Gasteiger partial charge is 0.408 e. The third-order valence-electron chi connectivity index (χ3n) is 1.90. The maximum Gasteiger partial charge on any atom is 0.408 e. The zero-order valence-electron chi connectivity index (χ0n) is 11.1. The Labute approximate surface area is 106 Å². The second-order valence-corrected chi connectivity index (χ2v) is 4.75. The summed E-state index contributed by atoms with van der Waals surface area (Å²) in [6.07, 6.45) is -0.955. The lowest BCUT2D eigenvalue weighted by Crippen LogP contribution is -2.47. The average Bonchev–Trinajstić information content (AvgIpc) is 2.20. The Hall–Kier alpha value is -1.79. The largest absolute Gasteiger partial charge is 0.481 e. The van der Waals surface area contributed by atoms with Crippen LogP contribution in [-0.4, -0.2) is 41.8 Å². The van der Waals surface area contributed by atoms with Gasteiger partial charge >= 0.3 is 12.1 Å². The first-order chi connectivity index (χ1) is 8.15. The van der Waals surface area contributed by atoms with Crippen molar-refractivity contribution >= 4 is 18.0 Å². The van der Waals surface area contributed by atoms with E-state index in [-0.39, 0.29) is 12.8 Å². The molecule has 0 unspecified atom stereocenters. The summed E-state index contributed by atoms with van der Waals surface area (Å²) < 4.78 is 4.99. The molecule has 0 aromatic heterocycles. The van der Waals surface area contributed by atoms with Crippen LogP contribution in [0.5, 0.6) is 0 Å². The number of carboxylic acid groups (broad SMARTS) is 1. The highest BCUT2D eigenvalue weighted by molar-refractivity contribution is 5.85. The average molecular weight is 260 g/mol. The molecule has 0 aromatic rings. The van der Waals surface area contributed by atoms with E-state index < -0.39 is 29.6 Å². The molecule has 104 valence electrons. The highest BCUT2D eigenvalue weighted by Gasteiger charge is 2.24. The van der Waals surface area contributed by atoms with Gasteiger partial charge in [0.1, 0.15) is 11.6 Å². The minimum absolute atomic E-state index is 0.00818. The summed E-state index contributed by atoms with van der Waals surface area (Å²) >= 11 is 0. The van der Waals surface area contributed by atoms with Gasteiger partial charge in [0.15, 0.2) is 0 Å². The van der Waals surface area contributed by atoms with Gasteiger partial charge in [-0.25, -0.2) is 4.79 Å². The molecule has 2 amide bonds. The Kier molecular flexibility index (Phi) is 6.15. The van der Waals surface area contributed by atoms with E-state index in [2.05, 4.69) is 10.6 Å². The van der Waals surface area contributed by atoms with Crippen molar-refractivity contribution in [2.75, 3.05) is 7.05 Å². The summed E-state index contributed by atoms with van der Waals surface area (Å²) in [5.74, 6) is -1.49. The van der Waals surface area contributed by atoms with Gasteiger partial charge in [0.2, 0.25) is 5.91 Å². The van der Waals surface area contributed by atoms with Gasteiger partial charge in [-0.15, -0.1) is 0 Å². The zero-order valence-corrected chi connectivity index (χ0v) is 11.1. The number of rotatable bonds is 5. The van der Waals surface area contributed by atoms with Gasteiger partial charge in [0, 0.05) is 13.5 Å². The summed E-state index contributed by atoms with van der Waals surface area (Å²) in [5.41, 5.74) is -0.676. The van der Waals surface area contributed by atoms with Crippen molar-refractivity contribution in [2.45, 2.75) is 45.3 Å². The summed E-state index contributed by atoms with van der Waals surface area (Å²) in [6.45, 7) is 5.08. The molecular formula is C11H20N2O5. The lowest BCUT2D eigenvalue weighted by atomic mass is 10.1. The molecule has 0 heterocycles. The first kappa shape index (κ1) is 16.2. The number of hydrogen-bond acceptors (Lipinski definition) is 4. The zero-order chi connectivity index (χ0) is 14.3. The predicted molar refractivity (Wildman–Crippen MR) is 64.1 cm³/mol. The second-order valence-electron chi connectivity index (χ2n) is 4.75. The van der Waals surface area contributed by atoms with Crippen molar-refractivity contribution in [1.29, 1.82) is 0 Å². The van der Waals surface area contributed by atoms with Crippen LogP contribution in [-0.2, 0) is 14.3 Å². The van der Waals surface area contributed by atoms with E-state index in [4.69, 9.17) is 9.84 Å². The normalized spacial score (nSPS) is 12.4.